The second-order valence-corrected chi connectivity index (χ2v) is 7.26. The van der Waals surface area contributed by atoms with Crippen molar-refractivity contribution in [3.05, 3.63) is 23.2 Å². The van der Waals surface area contributed by atoms with E-state index in [9.17, 15) is 16.8 Å². The fraction of sp³-hybridized carbons (Fsp3) is 0.250. The first-order valence-corrected chi connectivity index (χ1v) is 7.81. The second-order valence-electron chi connectivity index (χ2n) is 3.04. The van der Waals surface area contributed by atoms with Gasteiger partial charge in [0.25, 0.3) is 0 Å². The summed E-state index contributed by atoms with van der Waals surface area (Å²) in [6, 6.07) is 3.41. The topological polar surface area (TPSA) is 94.3 Å². The maximum atomic E-state index is 11.5. The van der Waals surface area contributed by atoms with Crippen LogP contribution in [0.1, 0.15) is 6.92 Å². The van der Waals surface area contributed by atoms with Crippen LogP contribution in [0.2, 0.25) is 5.02 Å². The normalized spacial score (nSPS) is 12.7. The number of hydrogen-bond donors (Lipinski definition) is 1. The molecule has 1 aromatic carbocycles. The molecule has 1 rings (SSSR count). The molecule has 90 valence electrons. The van der Waals surface area contributed by atoms with Crippen molar-refractivity contribution in [1.29, 1.82) is 0 Å². The van der Waals surface area contributed by atoms with E-state index in [0.717, 1.165) is 6.07 Å². The van der Waals surface area contributed by atoms with E-state index in [4.69, 9.17) is 16.7 Å². The van der Waals surface area contributed by atoms with E-state index in [1.54, 1.807) is 0 Å². The molecule has 0 aromatic heterocycles. The third kappa shape index (κ3) is 2.73. The summed E-state index contributed by atoms with van der Waals surface area (Å²) in [5.41, 5.74) is 0. The van der Waals surface area contributed by atoms with E-state index >= 15 is 0 Å². The van der Waals surface area contributed by atoms with Gasteiger partial charge in [-0.15, -0.1) is 0 Å². The molecule has 0 heterocycles. The van der Waals surface area contributed by atoms with Gasteiger partial charge in [-0.3, -0.25) is 0 Å². The van der Waals surface area contributed by atoms with Gasteiger partial charge in [0.1, 0.15) is 4.90 Å². The standard InChI is InChI=1S/C8H10ClNO4S2/c1-2-15(11,12)6-3-4-7(9)8(5-6)16(10,13)14/h3-5H,2H2,1H3,(H2,10,13,14). The van der Waals surface area contributed by atoms with Crippen molar-refractivity contribution in [2.45, 2.75) is 16.7 Å². The van der Waals surface area contributed by atoms with Gasteiger partial charge in [0, 0.05) is 0 Å². The summed E-state index contributed by atoms with van der Waals surface area (Å²) in [4.78, 5) is -0.493. The number of halogens is 1. The van der Waals surface area contributed by atoms with Crippen LogP contribution < -0.4 is 5.14 Å². The number of nitrogens with two attached hydrogens (primary N) is 1. The monoisotopic (exact) mass is 283 g/mol. The third-order valence-corrected chi connectivity index (χ3v) is 5.07. The van der Waals surface area contributed by atoms with Crippen LogP contribution in [0.15, 0.2) is 28.0 Å². The summed E-state index contributed by atoms with van der Waals surface area (Å²) in [5, 5.41) is 4.80. The highest BCUT2D eigenvalue weighted by Gasteiger charge is 2.18. The molecule has 0 unspecified atom stereocenters. The predicted octanol–water partition coefficient (Wildman–Crippen LogP) is 0.781. The maximum absolute atomic E-state index is 11.5. The Labute approximate surface area is 99.2 Å². The van der Waals surface area contributed by atoms with Crippen LogP contribution in [0.3, 0.4) is 0 Å². The van der Waals surface area contributed by atoms with Crippen molar-refractivity contribution in [2.75, 3.05) is 5.75 Å². The maximum Gasteiger partial charge on any atom is 0.239 e. The second kappa shape index (κ2) is 4.33. The van der Waals surface area contributed by atoms with Crippen LogP contribution >= 0.6 is 11.6 Å². The lowest BCUT2D eigenvalue weighted by atomic mass is 10.4. The molecule has 0 aliphatic carbocycles. The molecule has 0 radical (unpaired) electrons. The van der Waals surface area contributed by atoms with Gasteiger partial charge in [-0.2, -0.15) is 0 Å². The summed E-state index contributed by atoms with van der Waals surface area (Å²) in [5.74, 6) is -0.126. The average molecular weight is 284 g/mol. The van der Waals surface area contributed by atoms with Gasteiger partial charge in [-0.25, -0.2) is 22.0 Å². The molecule has 0 fully saturated rings. The first-order chi connectivity index (χ1) is 7.18. The number of benzene rings is 1. The molecule has 0 aliphatic rings. The molecule has 0 aliphatic heterocycles. The Morgan fingerprint density at radius 2 is 1.81 bits per heavy atom. The number of primary sulfonamides is 1. The summed E-state index contributed by atoms with van der Waals surface area (Å²) in [6.07, 6.45) is 0. The molecule has 1 aromatic rings. The molecule has 16 heavy (non-hydrogen) atoms. The average Bonchev–Trinajstić information content (AvgIpc) is 2.16. The van der Waals surface area contributed by atoms with Crippen LogP contribution in [0.5, 0.6) is 0 Å². The minimum absolute atomic E-state index is 0.0995. The lowest BCUT2D eigenvalue weighted by Gasteiger charge is -2.05. The van der Waals surface area contributed by atoms with Crippen LogP contribution in [0.25, 0.3) is 0 Å². The van der Waals surface area contributed by atoms with Crippen molar-refractivity contribution >= 4 is 31.5 Å². The summed E-state index contributed by atoms with van der Waals surface area (Å²) in [6.45, 7) is 1.46. The zero-order valence-corrected chi connectivity index (χ0v) is 10.7. The summed E-state index contributed by atoms with van der Waals surface area (Å²) >= 11 is 5.62. The number of sulfonamides is 1. The Kier molecular flexibility index (Phi) is 3.63. The van der Waals surface area contributed by atoms with Crippen LogP contribution in [-0.2, 0) is 19.9 Å². The molecule has 0 saturated carbocycles. The molecule has 2 N–H and O–H groups in total. The van der Waals surface area contributed by atoms with Gasteiger partial charge in [0.05, 0.1) is 15.7 Å². The molecule has 8 heteroatoms. The quantitative estimate of drug-likeness (QED) is 0.887. The van der Waals surface area contributed by atoms with E-state index in [2.05, 4.69) is 0 Å². The number of rotatable bonds is 3. The minimum atomic E-state index is -4.02. The van der Waals surface area contributed by atoms with Crippen LogP contribution in [0.4, 0.5) is 0 Å². The van der Waals surface area contributed by atoms with Crippen molar-refractivity contribution < 1.29 is 16.8 Å². The van der Waals surface area contributed by atoms with Crippen LogP contribution in [0, 0.1) is 0 Å². The van der Waals surface area contributed by atoms with Crippen molar-refractivity contribution in [3.8, 4) is 0 Å². The van der Waals surface area contributed by atoms with E-state index in [0.29, 0.717) is 0 Å². The largest absolute Gasteiger partial charge is 0.239 e. The van der Waals surface area contributed by atoms with Gasteiger partial charge in [0.2, 0.25) is 10.0 Å². The fourth-order valence-electron chi connectivity index (χ4n) is 1.06. The van der Waals surface area contributed by atoms with E-state index in [-0.39, 0.29) is 20.6 Å². The Balaban J connectivity index is 3.53. The van der Waals surface area contributed by atoms with Gasteiger partial charge >= 0.3 is 0 Å². The zero-order chi connectivity index (χ0) is 12.6. The Hall–Kier alpha value is -0.630. The Morgan fingerprint density at radius 1 is 1.25 bits per heavy atom. The van der Waals surface area contributed by atoms with E-state index < -0.39 is 19.9 Å². The zero-order valence-electron chi connectivity index (χ0n) is 8.34. The molecule has 0 amide bonds. The molecule has 0 bridgehead atoms. The van der Waals surface area contributed by atoms with Crippen molar-refractivity contribution in [1.82, 2.24) is 0 Å². The van der Waals surface area contributed by atoms with Crippen molar-refractivity contribution in [2.24, 2.45) is 5.14 Å². The third-order valence-electron chi connectivity index (χ3n) is 1.95. The summed E-state index contributed by atoms with van der Waals surface area (Å²) in [7, 11) is -7.50. The first kappa shape index (κ1) is 13.4. The smallest absolute Gasteiger partial charge is 0.225 e. The molecule has 5 nitrogen and oxygen atoms in total. The van der Waals surface area contributed by atoms with Crippen LogP contribution in [-0.4, -0.2) is 22.6 Å². The number of sulfone groups is 1. The molecular weight excluding hydrogens is 274 g/mol. The highest BCUT2D eigenvalue weighted by molar-refractivity contribution is 7.91. The van der Waals surface area contributed by atoms with Gasteiger partial charge in [-0.05, 0) is 18.2 Å². The minimum Gasteiger partial charge on any atom is -0.225 e. The lowest BCUT2D eigenvalue weighted by molar-refractivity contribution is 0.595. The highest BCUT2D eigenvalue weighted by Crippen LogP contribution is 2.24. The van der Waals surface area contributed by atoms with E-state index in [1.807, 2.05) is 0 Å². The fourth-order valence-corrected chi connectivity index (χ4v) is 3.11. The van der Waals surface area contributed by atoms with Crippen molar-refractivity contribution in [3.63, 3.8) is 0 Å². The number of hydrogen-bond acceptors (Lipinski definition) is 4. The molecule has 0 saturated heterocycles. The Bertz CT molecular complexity index is 607. The van der Waals surface area contributed by atoms with Gasteiger partial charge < -0.3 is 0 Å². The molecule has 0 atom stereocenters. The predicted molar refractivity (Wildman–Crippen MR) is 60.6 cm³/mol. The van der Waals surface area contributed by atoms with E-state index in [1.165, 1.54) is 19.1 Å². The lowest BCUT2D eigenvalue weighted by Crippen LogP contribution is -2.14. The van der Waals surface area contributed by atoms with Gasteiger partial charge in [-0.1, -0.05) is 18.5 Å². The molecular formula is C8H10ClNO4S2. The highest BCUT2D eigenvalue weighted by atomic mass is 35.5. The summed E-state index contributed by atoms with van der Waals surface area (Å²) < 4.78 is 45.3. The molecule has 0 spiro atoms. The first-order valence-electron chi connectivity index (χ1n) is 4.23. The van der Waals surface area contributed by atoms with Gasteiger partial charge in [0.15, 0.2) is 9.84 Å². The Morgan fingerprint density at radius 3 is 2.25 bits per heavy atom. The SMILES string of the molecule is CCS(=O)(=O)c1ccc(Cl)c(S(N)(=O)=O)c1.